The van der Waals surface area contributed by atoms with Gasteiger partial charge in [0.05, 0.1) is 12.9 Å². The number of imidazole rings is 1. The van der Waals surface area contributed by atoms with Crippen LogP contribution in [0.3, 0.4) is 0 Å². The van der Waals surface area contributed by atoms with Crippen LogP contribution < -0.4 is 20.1 Å². The Morgan fingerprint density at radius 1 is 1.24 bits per heavy atom. The van der Waals surface area contributed by atoms with Crippen LogP contribution in [0.25, 0.3) is 11.2 Å². The molecule has 0 aliphatic carbocycles. The Kier molecular flexibility index (Phi) is 3.98. The van der Waals surface area contributed by atoms with E-state index in [0.29, 0.717) is 47.4 Å². The Bertz CT molecular complexity index is 944. The van der Waals surface area contributed by atoms with E-state index in [0.717, 1.165) is 0 Å². The predicted molar refractivity (Wildman–Crippen MR) is 91.2 cm³/mol. The second-order valence-electron chi connectivity index (χ2n) is 5.20. The maximum atomic E-state index is 12.2. The van der Waals surface area contributed by atoms with Gasteiger partial charge in [-0.3, -0.25) is 4.79 Å². The van der Waals surface area contributed by atoms with Crippen LogP contribution in [-0.4, -0.2) is 45.6 Å². The molecule has 4 rings (SSSR count). The fourth-order valence-electron chi connectivity index (χ4n) is 2.42. The third-order valence-corrected chi connectivity index (χ3v) is 3.67. The van der Waals surface area contributed by atoms with Gasteiger partial charge in [-0.15, -0.1) is 0 Å². The molecule has 0 bridgehead atoms. The normalized spacial score (nSPS) is 12.8. The van der Waals surface area contributed by atoms with Gasteiger partial charge in [0.2, 0.25) is 11.2 Å². The van der Waals surface area contributed by atoms with Gasteiger partial charge in [0.25, 0.3) is 0 Å². The molecule has 1 aliphatic heterocycles. The lowest BCUT2D eigenvalue weighted by Gasteiger charge is -2.19. The number of benzene rings is 1. The third-order valence-electron chi connectivity index (χ3n) is 3.50. The Morgan fingerprint density at radius 3 is 2.96 bits per heavy atom. The number of aromatic amines is 1. The van der Waals surface area contributed by atoms with E-state index in [1.54, 1.807) is 18.2 Å². The maximum absolute atomic E-state index is 12.2. The largest absolute Gasteiger partial charge is 0.486 e. The highest BCUT2D eigenvalue weighted by Gasteiger charge is 2.14. The lowest BCUT2D eigenvalue weighted by atomic mass is 10.2. The standard InChI is InChI=1S/C15H13ClN6O3/c16-15-21-13(12-14(22-15)19-7-18-12)17-6-11(23)20-8-1-2-9-10(5-8)25-4-3-24-9/h1-2,5,7H,3-4,6H2,(H,20,23)(H2,17,18,19,21,22). The average Bonchev–Trinajstić information content (AvgIpc) is 3.08. The molecule has 3 heterocycles. The van der Waals surface area contributed by atoms with Crippen LogP contribution in [0.5, 0.6) is 11.5 Å². The summed E-state index contributed by atoms with van der Waals surface area (Å²) in [6, 6.07) is 5.23. The molecular weight excluding hydrogens is 348 g/mol. The van der Waals surface area contributed by atoms with Crippen molar-refractivity contribution in [3.05, 3.63) is 29.8 Å². The van der Waals surface area contributed by atoms with Crippen LogP contribution in [0.4, 0.5) is 11.5 Å². The number of anilines is 2. The number of fused-ring (bicyclic) bond motifs is 2. The van der Waals surface area contributed by atoms with Crippen molar-refractivity contribution in [3.8, 4) is 11.5 Å². The van der Waals surface area contributed by atoms with Crippen molar-refractivity contribution in [2.45, 2.75) is 0 Å². The number of ether oxygens (including phenoxy) is 2. The molecule has 0 atom stereocenters. The van der Waals surface area contributed by atoms with Gasteiger partial charge in [-0.25, -0.2) is 4.98 Å². The first kappa shape index (κ1) is 15.5. The van der Waals surface area contributed by atoms with Crippen molar-refractivity contribution in [2.24, 2.45) is 0 Å². The molecule has 1 aromatic carbocycles. The van der Waals surface area contributed by atoms with Gasteiger partial charge in [0, 0.05) is 11.8 Å². The number of hydrogen-bond donors (Lipinski definition) is 3. The van der Waals surface area contributed by atoms with Gasteiger partial charge in [-0.1, -0.05) is 0 Å². The summed E-state index contributed by atoms with van der Waals surface area (Å²) in [6.45, 7) is 1.00. The Balaban J connectivity index is 1.43. The molecule has 0 fully saturated rings. The van der Waals surface area contributed by atoms with Crippen LogP contribution in [0.1, 0.15) is 0 Å². The number of amides is 1. The Hall–Kier alpha value is -3.07. The predicted octanol–water partition coefficient (Wildman–Crippen LogP) is 1.83. The zero-order chi connectivity index (χ0) is 17.2. The first-order valence-electron chi connectivity index (χ1n) is 7.49. The van der Waals surface area contributed by atoms with Gasteiger partial charge in [0.15, 0.2) is 23.0 Å². The van der Waals surface area contributed by atoms with E-state index in [2.05, 4.69) is 30.6 Å². The molecule has 3 aromatic rings. The SMILES string of the molecule is O=C(CNc1nc(Cl)nc2nc[nH]c12)Nc1ccc2c(c1)OCCO2. The summed E-state index contributed by atoms with van der Waals surface area (Å²) in [5.74, 6) is 1.43. The van der Waals surface area contributed by atoms with Crippen molar-refractivity contribution < 1.29 is 14.3 Å². The highest BCUT2D eigenvalue weighted by molar-refractivity contribution is 6.28. The number of hydrogen-bond acceptors (Lipinski definition) is 7. The van der Waals surface area contributed by atoms with Crippen molar-refractivity contribution >= 4 is 40.2 Å². The molecule has 10 heteroatoms. The minimum Gasteiger partial charge on any atom is -0.486 e. The van der Waals surface area contributed by atoms with E-state index in [1.807, 2.05) is 0 Å². The number of nitrogens with one attached hydrogen (secondary N) is 3. The zero-order valence-corrected chi connectivity index (χ0v) is 13.6. The summed E-state index contributed by atoms with van der Waals surface area (Å²) in [6.07, 6.45) is 1.48. The van der Waals surface area contributed by atoms with Crippen LogP contribution in [-0.2, 0) is 4.79 Å². The highest BCUT2D eigenvalue weighted by Crippen LogP contribution is 2.32. The number of halogens is 1. The second kappa shape index (κ2) is 6.44. The summed E-state index contributed by atoms with van der Waals surface area (Å²) in [5.41, 5.74) is 1.62. The van der Waals surface area contributed by atoms with Crippen LogP contribution in [0.2, 0.25) is 5.28 Å². The quantitative estimate of drug-likeness (QED) is 0.608. The Morgan fingerprint density at radius 2 is 2.08 bits per heavy atom. The molecule has 1 amide bonds. The summed E-state index contributed by atoms with van der Waals surface area (Å²) in [5, 5.41) is 5.75. The van der Waals surface area contributed by atoms with E-state index < -0.39 is 0 Å². The molecule has 2 aromatic heterocycles. The number of rotatable bonds is 4. The molecule has 128 valence electrons. The third kappa shape index (κ3) is 3.26. The summed E-state index contributed by atoms with van der Waals surface area (Å²) >= 11 is 5.85. The molecular formula is C15H13ClN6O3. The number of carbonyl (C=O) groups excluding carboxylic acids is 1. The van der Waals surface area contributed by atoms with Crippen LogP contribution in [0, 0.1) is 0 Å². The van der Waals surface area contributed by atoms with Gasteiger partial charge >= 0.3 is 0 Å². The van der Waals surface area contributed by atoms with Crippen molar-refractivity contribution in [1.29, 1.82) is 0 Å². The van der Waals surface area contributed by atoms with E-state index in [1.165, 1.54) is 6.33 Å². The van der Waals surface area contributed by atoms with Gasteiger partial charge in [0.1, 0.15) is 18.7 Å². The Labute approximate surface area is 146 Å². The summed E-state index contributed by atoms with van der Waals surface area (Å²) in [7, 11) is 0. The number of nitrogens with zero attached hydrogens (tertiary/aromatic N) is 3. The fourth-order valence-corrected chi connectivity index (χ4v) is 2.59. The maximum Gasteiger partial charge on any atom is 0.243 e. The lowest BCUT2D eigenvalue weighted by molar-refractivity contribution is -0.114. The number of aromatic nitrogens is 4. The topological polar surface area (TPSA) is 114 Å². The molecule has 3 N–H and O–H groups in total. The van der Waals surface area contributed by atoms with Crippen LogP contribution in [0.15, 0.2) is 24.5 Å². The second-order valence-corrected chi connectivity index (χ2v) is 5.54. The van der Waals surface area contributed by atoms with Gasteiger partial charge < -0.3 is 25.1 Å². The molecule has 0 saturated heterocycles. The average molecular weight is 361 g/mol. The van der Waals surface area contributed by atoms with Crippen molar-refractivity contribution in [3.63, 3.8) is 0 Å². The molecule has 0 unspecified atom stereocenters. The van der Waals surface area contributed by atoms with Gasteiger partial charge in [-0.2, -0.15) is 9.97 Å². The zero-order valence-electron chi connectivity index (χ0n) is 12.9. The van der Waals surface area contributed by atoms with E-state index >= 15 is 0 Å². The van der Waals surface area contributed by atoms with E-state index in [9.17, 15) is 4.79 Å². The fraction of sp³-hybridized carbons (Fsp3) is 0.200. The number of carbonyl (C=O) groups is 1. The minimum absolute atomic E-state index is 0.00406. The monoisotopic (exact) mass is 360 g/mol. The van der Waals surface area contributed by atoms with Crippen molar-refractivity contribution in [1.82, 2.24) is 19.9 Å². The summed E-state index contributed by atoms with van der Waals surface area (Å²) < 4.78 is 10.9. The molecule has 1 aliphatic rings. The molecule has 25 heavy (non-hydrogen) atoms. The minimum atomic E-state index is -0.251. The smallest absolute Gasteiger partial charge is 0.243 e. The lowest BCUT2D eigenvalue weighted by Crippen LogP contribution is -2.22. The van der Waals surface area contributed by atoms with Gasteiger partial charge in [-0.05, 0) is 23.7 Å². The molecule has 9 nitrogen and oxygen atoms in total. The molecule has 0 radical (unpaired) electrons. The highest BCUT2D eigenvalue weighted by atomic mass is 35.5. The molecule has 0 spiro atoms. The van der Waals surface area contributed by atoms with Crippen LogP contribution >= 0.6 is 11.6 Å². The van der Waals surface area contributed by atoms with E-state index in [4.69, 9.17) is 21.1 Å². The molecule has 0 saturated carbocycles. The summed E-state index contributed by atoms with van der Waals surface area (Å²) in [4.78, 5) is 27.1. The van der Waals surface area contributed by atoms with Crippen molar-refractivity contribution in [2.75, 3.05) is 30.4 Å². The first-order valence-corrected chi connectivity index (χ1v) is 7.87. The first-order chi connectivity index (χ1) is 12.2. The van der Waals surface area contributed by atoms with E-state index in [-0.39, 0.29) is 17.7 Å². The number of H-pyrrole nitrogens is 1.